The second-order valence-electron chi connectivity index (χ2n) is 10.1. The third kappa shape index (κ3) is 6.52. The fourth-order valence-electron chi connectivity index (χ4n) is 5.32. The summed E-state index contributed by atoms with van der Waals surface area (Å²) in [6, 6.07) is 16.3. The molecule has 2 aromatic carbocycles. The Kier molecular flexibility index (Phi) is 9.15. The van der Waals surface area contributed by atoms with Crippen molar-refractivity contribution in [2.75, 3.05) is 19.7 Å². The highest BCUT2D eigenvalue weighted by molar-refractivity contribution is 8.16. The van der Waals surface area contributed by atoms with Crippen molar-refractivity contribution in [3.05, 3.63) is 93.1 Å². The van der Waals surface area contributed by atoms with Gasteiger partial charge in [-0.1, -0.05) is 65.8 Å². The first-order valence-corrected chi connectivity index (χ1v) is 15.0. The maximum Gasteiger partial charge on any atom is 0.338 e. The number of hydrogen-bond acceptors (Lipinski definition) is 8. The Labute approximate surface area is 249 Å². The van der Waals surface area contributed by atoms with E-state index in [9.17, 15) is 14.4 Å². The molecule has 214 valence electrons. The average Bonchev–Trinajstić information content (AvgIpc) is 3.38. The number of halogens is 1. The van der Waals surface area contributed by atoms with Crippen LogP contribution in [0.5, 0.6) is 0 Å². The molecule has 0 aliphatic carbocycles. The van der Waals surface area contributed by atoms with E-state index in [1.807, 2.05) is 52.8 Å². The van der Waals surface area contributed by atoms with Crippen LogP contribution in [0.2, 0.25) is 5.02 Å². The third-order valence-corrected chi connectivity index (χ3v) is 8.49. The van der Waals surface area contributed by atoms with E-state index in [0.29, 0.717) is 47.6 Å². The smallest absolute Gasteiger partial charge is 0.338 e. The van der Waals surface area contributed by atoms with Gasteiger partial charge in [-0.05, 0) is 55.4 Å². The highest BCUT2D eigenvalue weighted by Gasteiger charge is 2.42. The van der Waals surface area contributed by atoms with Crippen LogP contribution < -0.4 is 0 Å². The number of allylic oxidation sites excluding steroid dienone is 1. The Bertz CT molecular complexity index is 1410. The van der Waals surface area contributed by atoms with Crippen LogP contribution in [0.1, 0.15) is 50.3 Å². The number of piperidine rings is 1. The molecule has 3 aliphatic rings. The van der Waals surface area contributed by atoms with Crippen molar-refractivity contribution >= 4 is 46.4 Å². The van der Waals surface area contributed by atoms with Crippen LogP contribution in [0.4, 0.5) is 0 Å². The standard InChI is InChI=1S/C31H32ClN3O5S/c1-3-39-29(37)23-10-7-15-34(17-23)26(36)16-25-19-41-31-33-20(2)27(30(38)40-18-21-8-5-4-6-9-21)28(35(25)31)22-11-13-24(32)14-12-22/h4-6,8-9,11-14,19,23,28H,3,7,10,15-18H2,1-2H3/t23-,28+/m1/s1. The number of nitrogens with zero attached hydrogens (tertiary/aromatic N) is 3. The van der Waals surface area contributed by atoms with Gasteiger partial charge in [0.15, 0.2) is 5.17 Å². The van der Waals surface area contributed by atoms with E-state index < -0.39 is 12.0 Å². The van der Waals surface area contributed by atoms with Gasteiger partial charge < -0.3 is 19.3 Å². The van der Waals surface area contributed by atoms with Crippen molar-refractivity contribution in [2.24, 2.45) is 10.9 Å². The molecule has 2 atom stereocenters. The number of benzene rings is 2. The van der Waals surface area contributed by atoms with E-state index in [2.05, 4.69) is 0 Å². The summed E-state index contributed by atoms with van der Waals surface area (Å²) in [5.41, 5.74) is 3.42. The van der Waals surface area contributed by atoms with E-state index in [0.717, 1.165) is 23.2 Å². The third-order valence-electron chi connectivity index (χ3n) is 7.35. The van der Waals surface area contributed by atoms with Crippen LogP contribution in [0.25, 0.3) is 0 Å². The zero-order chi connectivity index (χ0) is 28.9. The quantitative estimate of drug-likeness (QED) is 0.355. The summed E-state index contributed by atoms with van der Waals surface area (Å²) in [5, 5.41) is 3.18. The lowest BCUT2D eigenvalue weighted by Crippen LogP contribution is -2.44. The second-order valence-corrected chi connectivity index (χ2v) is 11.4. The summed E-state index contributed by atoms with van der Waals surface area (Å²) in [4.78, 5) is 47.9. The van der Waals surface area contributed by atoms with Crippen molar-refractivity contribution < 1.29 is 23.9 Å². The van der Waals surface area contributed by atoms with E-state index >= 15 is 0 Å². The molecule has 2 aromatic rings. The molecule has 0 N–H and O–H groups in total. The van der Waals surface area contributed by atoms with Crippen LogP contribution in [-0.4, -0.2) is 52.5 Å². The molecule has 0 aromatic heterocycles. The molecule has 0 unspecified atom stereocenters. The van der Waals surface area contributed by atoms with Gasteiger partial charge in [0.2, 0.25) is 5.91 Å². The maximum absolute atomic E-state index is 13.6. The zero-order valence-electron chi connectivity index (χ0n) is 23.0. The van der Waals surface area contributed by atoms with Crippen molar-refractivity contribution in [3.8, 4) is 0 Å². The van der Waals surface area contributed by atoms with Gasteiger partial charge in [-0.25, -0.2) is 9.79 Å². The van der Waals surface area contributed by atoms with Gasteiger partial charge in [0.05, 0.1) is 36.3 Å². The molecule has 1 saturated heterocycles. The Morgan fingerprint density at radius 2 is 1.83 bits per heavy atom. The molecular weight excluding hydrogens is 562 g/mol. The van der Waals surface area contributed by atoms with Gasteiger partial charge in [-0.2, -0.15) is 0 Å². The number of carbonyl (C=O) groups is 3. The highest BCUT2D eigenvalue weighted by Crippen LogP contribution is 2.45. The lowest BCUT2D eigenvalue weighted by Gasteiger charge is -2.37. The lowest BCUT2D eigenvalue weighted by molar-refractivity contribution is -0.151. The zero-order valence-corrected chi connectivity index (χ0v) is 24.6. The van der Waals surface area contributed by atoms with Crippen molar-refractivity contribution in [1.29, 1.82) is 0 Å². The number of likely N-dealkylation sites (tertiary alicyclic amines) is 1. The number of thioether (sulfide) groups is 1. The summed E-state index contributed by atoms with van der Waals surface area (Å²) in [6.45, 7) is 4.97. The van der Waals surface area contributed by atoms with Gasteiger partial charge >= 0.3 is 11.9 Å². The predicted octanol–water partition coefficient (Wildman–Crippen LogP) is 5.85. The highest BCUT2D eigenvalue weighted by atomic mass is 35.5. The number of esters is 2. The molecule has 1 fully saturated rings. The van der Waals surface area contributed by atoms with Crippen molar-refractivity contribution in [3.63, 3.8) is 0 Å². The molecule has 41 heavy (non-hydrogen) atoms. The molecule has 0 radical (unpaired) electrons. The second kappa shape index (κ2) is 13.0. The van der Waals surface area contributed by atoms with Crippen molar-refractivity contribution in [1.82, 2.24) is 9.80 Å². The molecule has 3 heterocycles. The van der Waals surface area contributed by atoms with E-state index in [1.54, 1.807) is 30.9 Å². The van der Waals surface area contributed by atoms with E-state index in [-0.39, 0.29) is 30.8 Å². The van der Waals surface area contributed by atoms with Crippen LogP contribution in [0.3, 0.4) is 0 Å². The summed E-state index contributed by atoms with van der Waals surface area (Å²) in [7, 11) is 0. The molecule has 0 bridgehead atoms. The lowest BCUT2D eigenvalue weighted by atomic mass is 9.93. The van der Waals surface area contributed by atoms with E-state index in [1.165, 1.54) is 11.8 Å². The van der Waals surface area contributed by atoms with Gasteiger partial charge in [0, 0.05) is 23.8 Å². The molecule has 0 spiro atoms. The summed E-state index contributed by atoms with van der Waals surface area (Å²) in [5.74, 6) is -1.12. The number of carbonyl (C=O) groups excluding carboxylic acids is 3. The Balaban J connectivity index is 1.39. The number of amides is 1. The normalized spacial score (nSPS) is 20.3. The minimum Gasteiger partial charge on any atom is -0.466 e. The number of hydrogen-bond donors (Lipinski definition) is 0. The Hall–Kier alpha value is -3.56. The largest absolute Gasteiger partial charge is 0.466 e. The topological polar surface area (TPSA) is 88.5 Å². The first-order chi connectivity index (χ1) is 19.9. The number of rotatable bonds is 8. The number of aliphatic imine (C=N–C) groups is 1. The van der Waals surface area contributed by atoms with Crippen LogP contribution in [-0.2, 0) is 30.5 Å². The molecular formula is C31H32ClN3O5S. The number of fused-ring (bicyclic) bond motifs is 1. The monoisotopic (exact) mass is 593 g/mol. The summed E-state index contributed by atoms with van der Waals surface area (Å²) < 4.78 is 11.0. The SMILES string of the molecule is CCOC(=O)[C@@H]1CCCN(C(=O)CC2=CSC3=NC(C)=C(C(=O)OCc4ccccc4)[C@H](c4ccc(Cl)cc4)N23)C1. The van der Waals surface area contributed by atoms with E-state index in [4.69, 9.17) is 26.1 Å². The van der Waals surface area contributed by atoms with Crippen LogP contribution in [0.15, 0.2) is 82.0 Å². The fourth-order valence-corrected chi connectivity index (χ4v) is 6.41. The van der Waals surface area contributed by atoms with Gasteiger partial charge in [0.25, 0.3) is 0 Å². The molecule has 8 nitrogen and oxygen atoms in total. The summed E-state index contributed by atoms with van der Waals surface area (Å²) in [6.07, 6.45) is 1.56. The first-order valence-electron chi connectivity index (χ1n) is 13.7. The summed E-state index contributed by atoms with van der Waals surface area (Å²) >= 11 is 7.63. The molecule has 3 aliphatic heterocycles. The first kappa shape index (κ1) is 29.0. The average molecular weight is 594 g/mol. The van der Waals surface area contributed by atoms with Crippen LogP contribution in [0, 0.1) is 5.92 Å². The van der Waals surface area contributed by atoms with Gasteiger partial charge in [-0.15, -0.1) is 0 Å². The maximum atomic E-state index is 13.6. The minimum absolute atomic E-state index is 0.0820. The predicted molar refractivity (Wildman–Crippen MR) is 159 cm³/mol. The molecule has 10 heteroatoms. The Morgan fingerprint density at radius 3 is 2.56 bits per heavy atom. The molecule has 0 saturated carbocycles. The number of amidine groups is 1. The number of ether oxygens (including phenoxy) is 2. The van der Waals surface area contributed by atoms with Crippen LogP contribution >= 0.6 is 23.4 Å². The fraction of sp³-hybridized carbons (Fsp3) is 0.355. The van der Waals surface area contributed by atoms with Crippen molar-refractivity contribution in [2.45, 2.75) is 45.8 Å². The Morgan fingerprint density at radius 1 is 1.07 bits per heavy atom. The molecule has 5 rings (SSSR count). The minimum atomic E-state index is -0.550. The van der Waals surface area contributed by atoms with Gasteiger partial charge in [-0.3, -0.25) is 9.59 Å². The van der Waals surface area contributed by atoms with Gasteiger partial charge in [0.1, 0.15) is 6.61 Å². The molecule has 1 amide bonds.